The summed E-state index contributed by atoms with van der Waals surface area (Å²) in [6.07, 6.45) is 1.71. The molecule has 0 aliphatic carbocycles. The van der Waals surface area contributed by atoms with E-state index in [-0.39, 0.29) is 24.5 Å². The second kappa shape index (κ2) is 10.7. The van der Waals surface area contributed by atoms with Gasteiger partial charge < -0.3 is 15.4 Å². The second-order valence-corrected chi connectivity index (χ2v) is 8.03. The summed E-state index contributed by atoms with van der Waals surface area (Å²) >= 11 is 0. The fourth-order valence-electron chi connectivity index (χ4n) is 4.16. The van der Waals surface area contributed by atoms with Gasteiger partial charge in [0, 0.05) is 5.92 Å². The summed E-state index contributed by atoms with van der Waals surface area (Å²) in [7, 11) is 0. The third kappa shape index (κ3) is 5.42. The number of ether oxygens (including phenoxy) is 1. The number of hydrogen-bond acceptors (Lipinski definition) is 4. The second-order valence-electron chi connectivity index (χ2n) is 8.03. The minimum atomic E-state index is -0.849. The summed E-state index contributed by atoms with van der Waals surface area (Å²) in [6.45, 7) is 0.964. The Bertz CT molecular complexity index is 963. The Labute approximate surface area is 188 Å². The van der Waals surface area contributed by atoms with E-state index in [0.29, 0.717) is 0 Å². The summed E-state index contributed by atoms with van der Waals surface area (Å²) in [5.74, 6) is -0.982. The topological polar surface area (TPSA) is 67.4 Å². The van der Waals surface area contributed by atoms with Crippen molar-refractivity contribution in [3.05, 3.63) is 108 Å². The molecule has 0 saturated carbocycles. The van der Waals surface area contributed by atoms with Crippen LogP contribution in [0.3, 0.4) is 0 Å². The first-order valence-corrected chi connectivity index (χ1v) is 11.1. The average molecular weight is 429 g/mol. The van der Waals surface area contributed by atoms with Gasteiger partial charge in [0.15, 0.2) is 0 Å². The van der Waals surface area contributed by atoms with Gasteiger partial charge in [0.1, 0.15) is 12.6 Å². The highest BCUT2D eigenvalue weighted by Gasteiger charge is 2.35. The van der Waals surface area contributed by atoms with Gasteiger partial charge in [-0.15, -0.1) is 0 Å². The molecule has 1 aliphatic rings. The lowest BCUT2D eigenvalue weighted by atomic mass is 9.84. The third-order valence-electron chi connectivity index (χ3n) is 5.80. The molecule has 32 heavy (non-hydrogen) atoms. The lowest BCUT2D eigenvalue weighted by Crippen LogP contribution is -2.51. The van der Waals surface area contributed by atoms with Crippen LogP contribution in [-0.2, 0) is 20.9 Å². The minimum absolute atomic E-state index is 0.157. The fraction of sp³-hybridized carbons (Fsp3) is 0.259. The van der Waals surface area contributed by atoms with Crippen LogP contribution < -0.4 is 10.6 Å². The van der Waals surface area contributed by atoms with Gasteiger partial charge >= 0.3 is 5.97 Å². The van der Waals surface area contributed by atoms with Crippen molar-refractivity contribution >= 4 is 11.9 Å². The first-order valence-electron chi connectivity index (χ1n) is 11.1. The fourth-order valence-corrected chi connectivity index (χ4v) is 4.16. The van der Waals surface area contributed by atoms with Crippen LogP contribution in [0.5, 0.6) is 0 Å². The monoisotopic (exact) mass is 428 g/mol. The number of rotatable bonds is 8. The van der Waals surface area contributed by atoms with Gasteiger partial charge in [0.05, 0.1) is 6.04 Å². The van der Waals surface area contributed by atoms with Crippen LogP contribution in [0.2, 0.25) is 0 Å². The highest BCUT2D eigenvalue weighted by Crippen LogP contribution is 2.29. The van der Waals surface area contributed by atoms with Crippen molar-refractivity contribution in [3.8, 4) is 0 Å². The Balaban J connectivity index is 1.64. The third-order valence-corrected chi connectivity index (χ3v) is 5.80. The van der Waals surface area contributed by atoms with Crippen molar-refractivity contribution in [1.29, 1.82) is 0 Å². The maximum absolute atomic E-state index is 13.4. The summed E-state index contributed by atoms with van der Waals surface area (Å²) in [4.78, 5) is 26.4. The summed E-state index contributed by atoms with van der Waals surface area (Å²) in [5, 5.41) is 6.23. The van der Waals surface area contributed by atoms with E-state index in [2.05, 4.69) is 10.6 Å². The Morgan fingerprint density at radius 2 is 1.44 bits per heavy atom. The average Bonchev–Trinajstić information content (AvgIpc) is 3.39. The van der Waals surface area contributed by atoms with Crippen LogP contribution in [-0.4, -0.2) is 30.5 Å². The Morgan fingerprint density at radius 1 is 0.875 bits per heavy atom. The van der Waals surface area contributed by atoms with Gasteiger partial charge in [0.25, 0.3) is 0 Å². The predicted octanol–water partition coefficient (Wildman–Crippen LogP) is 3.80. The molecule has 0 spiro atoms. The Morgan fingerprint density at radius 3 is 1.97 bits per heavy atom. The number of nitrogens with one attached hydrogen (secondary N) is 2. The number of carbonyl (C=O) groups is 2. The summed E-state index contributed by atoms with van der Waals surface area (Å²) < 4.78 is 5.70. The summed E-state index contributed by atoms with van der Waals surface area (Å²) in [6, 6.07) is 28.0. The minimum Gasteiger partial charge on any atom is -0.459 e. The van der Waals surface area contributed by atoms with Gasteiger partial charge in [0.2, 0.25) is 5.91 Å². The summed E-state index contributed by atoms with van der Waals surface area (Å²) in [5.41, 5.74) is 2.79. The quantitative estimate of drug-likeness (QED) is 0.536. The molecule has 0 unspecified atom stereocenters. The van der Waals surface area contributed by atoms with Crippen LogP contribution >= 0.6 is 0 Å². The molecule has 3 aromatic carbocycles. The van der Waals surface area contributed by atoms with Crippen molar-refractivity contribution < 1.29 is 14.3 Å². The molecule has 5 nitrogen and oxygen atoms in total. The van der Waals surface area contributed by atoms with E-state index >= 15 is 0 Å². The highest BCUT2D eigenvalue weighted by atomic mass is 16.5. The zero-order valence-electron chi connectivity index (χ0n) is 17.9. The largest absolute Gasteiger partial charge is 0.459 e. The van der Waals surface area contributed by atoms with Crippen molar-refractivity contribution in [2.75, 3.05) is 6.54 Å². The van der Waals surface area contributed by atoms with Gasteiger partial charge in [-0.25, -0.2) is 4.79 Å². The highest BCUT2D eigenvalue weighted by molar-refractivity contribution is 5.88. The molecule has 0 aromatic heterocycles. The zero-order chi connectivity index (χ0) is 22.2. The van der Waals surface area contributed by atoms with E-state index in [4.69, 9.17) is 4.74 Å². The van der Waals surface area contributed by atoms with E-state index in [1.54, 1.807) is 0 Å². The lowest BCUT2D eigenvalue weighted by molar-refractivity contribution is -0.149. The Kier molecular flexibility index (Phi) is 7.31. The maximum atomic E-state index is 13.4. The molecule has 2 atom stereocenters. The predicted molar refractivity (Wildman–Crippen MR) is 124 cm³/mol. The molecule has 0 radical (unpaired) electrons. The number of hydrogen-bond donors (Lipinski definition) is 2. The normalized spacial score (nSPS) is 16.5. The molecule has 164 valence electrons. The first kappa shape index (κ1) is 21.8. The lowest BCUT2D eigenvalue weighted by Gasteiger charge is -2.28. The van der Waals surface area contributed by atoms with Crippen LogP contribution in [0.25, 0.3) is 0 Å². The molecule has 3 aromatic rings. The molecule has 1 aliphatic heterocycles. The number of carbonyl (C=O) groups excluding carboxylic acids is 2. The van der Waals surface area contributed by atoms with Crippen molar-refractivity contribution in [2.45, 2.75) is 37.5 Å². The van der Waals surface area contributed by atoms with Crippen molar-refractivity contribution in [1.82, 2.24) is 10.6 Å². The molecular formula is C27H28N2O3. The standard InChI is InChI=1S/C27H28N2O3/c30-26(23-17-10-18-28-23)29-25(27(31)32-19-20-11-4-1-5-12-20)24(21-13-6-2-7-14-21)22-15-8-3-9-16-22/h1-9,11-16,23-25,28H,10,17-19H2,(H,29,30)/t23-,25-/m0/s1. The van der Waals surface area contributed by atoms with Crippen molar-refractivity contribution in [2.24, 2.45) is 0 Å². The molecule has 0 bridgehead atoms. The van der Waals surface area contributed by atoms with E-state index in [0.717, 1.165) is 36.1 Å². The van der Waals surface area contributed by atoms with Crippen LogP contribution in [0.1, 0.15) is 35.4 Å². The molecule has 1 heterocycles. The van der Waals surface area contributed by atoms with Crippen LogP contribution in [0.4, 0.5) is 0 Å². The molecule has 1 saturated heterocycles. The molecular weight excluding hydrogens is 400 g/mol. The zero-order valence-corrected chi connectivity index (χ0v) is 17.9. The SMILES string of the molecule is O=C(N[C@H](C(=O)OCc1ccccc1)C(c1ccccc1)c1ccccc1)[C@@H]1CCCN1. The van der Waals surface area contributed by atoms with Crippen LogP contribution in [0, 0.1) is 0 Å². The van der Waals surface area contributed by atoms with E-state index in [1.165, 1.54) is 0 Å². The van der Waals surface area contributed by atoms with Crippen LogP contribution in [0.15, 0.2) is 91.0 Å². The molecule has 2 N–H and O–H groups in total. The number of benzene rings is 3. The van der Waals surface area contributed by atoms with E-state index in [9.17, 15) is 9.59 Å². The molecule has 1 amide bonds. The van der Waals surface area contributed by atoms with Gasteiger partial charge in [-0.1, -0.05) is 91.0 Å². The van der Waals surface area contributed by atoms with Gasteiger partial charge in [-0.2, -0.15) is 0 Å². The maximum Gasteiger partial charge on any atom is 0.329 e. The number of esters is 1. The Hall–Kier alpha value is -3.44. The number of amides is 1. The van der Waals surface area contributed by atoms with E-state index < -0.39 is 12.0 Å². The first-order chi connectivity index (χ1) is 15.7. The smallest absolute Gasteiger partial charge is 0.329 e. The van der Waals surface area contributed by atoms with Gasteiger partial charge in [-0.3, -0.25) is 4.79 Å². The van der Waals surface area contributed by atoms with E-state index in [1.807, 2.05) is 91.0 Å². The molecule has 5 heteroatoms. The molecule has 4 rings (SSSR count). The molecule has 1 fully saturated rings. The van der Waals surface area contributed by atoms with Crippen molar-refractivity contribution in [3.63, 3.8) is 0 Å². The van der Waals surface area contributed by atoms with Gasteiger partial charge in [-0.05, 0) is 36.1 Å².